The first-order chi connectivity index (χ1) is 16.0. The molecule has 4 rings (SSSR count). The van der Waals surface area contributed by atoms with Crippen molar-refractivity contribution in [2.75, 3.05) is 4.72 Å². The number of nitrogens with zero attached hydrogens (tertiary/aromatic N) is 3. The maximum atomic E-state index is 14.2. The summed E-state index contributed by atoms with van der Waals surface area (Å²) in [6, 6.07) is 12.2. The third kappa shape index (κ3) is 4.82. The van der Waals surface area contributed by atoms with Gasteiger partial charge in [0.05, 0.1) is 22.4 Å². The molecule has 1 unspecified atom stereocenters. The van der Waals surface area contributed by atoms with Gasteiger partial charge in [-0.2, -0.15) is 13.9 Å². The molecule has 0 saturated carbocycles. The third-order valence-electron chi connectivity index (χ3n) is 5.37. The van der Waals surface area contributed by atoms with Gasteiger partial charge in [-0.05, 0) is 62.6 Å². The van der Waals surface area contributed by atoms with Gasteiger partial charge in [0.1, 0.15) is 17.3 Å². The van der Waals surface area contributed by atoms with E-state index < -0.39 is 21.6 Å². The Bertz CT molecular complexity index is 1330. The summed E-state index contributed by atoms with van der Waals surface area (Å²) in [5.41, 5.74) is 1.46. The molecule has 0 amide bonds. The summed E-state index contributed by atoms with van der Waals surface area (Å²) in [4.78, 5) is 4.37. The van der Waals surface area contributed by atoms with Gasteiger partial charge < -0.3 is 4.74 Å². The summed E-state index contributed by atoms with van der Waals surface area (Å²) in [6.45, 7) is 6.45. The standard InChI is InChI=1S/C24H26F2N4O3S/c1-15(2)33-17-8-10-18(11-9-17)34(31,32)29-22-14-21(24(4,25)26)28-30(22)20-7-5-6-19-23(20)16(3)12-13-27-19/h5-11,13-16,29H,12H2,1-4H3. The highest BCUT2D eigenvalue weighted by Gasteiger charge is 2.32. The van der Waals surface area contributed by atoms with Gasteiger partial charge >= 0.3 is 0 Å². The van der Waals surface area contributed by atoms with E-state index in [0.717, 1.165) is 18.6 Å². The van der Waals surface area contributed by atoms with Crippen LogP contribution in [0.15, 0.2) is 58.4 Å². The van der Waals surface area contributed by atoms with Crippen LogP contribution < -0.4 is 9.46 Å². The zero-order chi connectivity index (χ0) is 24.7. The van der Waals surface area contributed by atoms with Gasteiger partial charge in [-0.1, -0.05) is 13.0 Å². The molecule has 1 aliphatic heterocycles. The second-order valence-electron chi connectivity index (χ2n) is 8.62. The molecule has 34 heavy (non-hydrogen) atoms. The molecule has 0 aliphatic carbocycles. The van der Waals surface area contributed by atoms with Crippen molar-refractivity contribution >= 4 is 27.7 Å². The van der Waals surface area contributed by atoms with E-state index in [9.17, 15) is 17.2 Å². The molecular weight excluding hydrogens is 462 g/mol. The monoisotopic (exact) mass is 488 g/mol. The number of sulfonamides is 1. The first-order valence-corrected chi connectivity index (χ1v) is 12.4. The van der Waals surface area contributed by atoms with Crippen LogP contribution >= 0.6 is 0 Å². The zero-order valence-electron chi connectivity index (χ0n) is 19.3. The number of hydrogen-bond donors (Lipinski definition) is 1. The Morgan fingerprint density at radius 2 is 1.88 bits per heavy atom. The number of halogens is 2. The second kappa shape index (κ2) is 8.83. The van der Waals surface area contributed by atoms with Crippen molar-refractivity contribution in [2.24, 2.45) is 4.99 Å². The number of ether oxygens (including phenoxy) is 1. The van der Waals surface area contributed by atoms with Crippen molar-refractivity contribution in [3.05, 3.63) is 59.8 Å². The number of aromatic nitrogens is 2. The van der Waals surface area contributed by atoms with Crippen LogP contribution in [0.1, 0.15) is 51.3 Å². The van der Waals surface area contributed by atoms with Crippen molar-refractivity contribution in [3.63, 3.8) is 0 Å². The van der Waals surface area contributed by atoms with Gasteiger partial charge in [-0.15, -0.1) is 0 Å². The first kappa shape index (κ1) is 23.9. The van der Waals surface area contributed by atoms with Crippen molar-refractivity contribution in [2.45, 2.75) is 57.0 Å². The molecule has 0 fully saturated rings. The molecule has 1 aromatic heterocycles. The van der Waals surface area contributed by atoms with Crippen molar-refractivity contribution < 1.29 is 21.9 Å². The summed E-state index contributed by atoms with van der Waals surface area (Å²) >= 11 is 0. The van der Waals surface area contributed by atoms with Crippen molar-refractivity contribution in [1.29, 1.82) is 0 Å². The van der Waals surface area contributed by atoms with E-state index in [2.05, 4.69) is 14.8 Å². The minimum absolute atomic E-state index is 0.0331. The number of alkyl halides is 2. The predicted molar refractivity (Wildman–Crippen MR) is 127 cm³/mol. The zero-order valence-corrected chi connectivity index (χ0v) is 20.1. The van der Waals surface area contributed by atoms with Crippen molar-refractivity contribution in [1.82, 2.24) is 9.78 Å². The Balaban J connectivity index is 1.78. The highest BCUT2D eigenvalue weighted by molar-refractivity contribution is 7.92. The Morgan fingerprint density at radius 3 is 2.53 bits per heavy atom. The van der Waals surface area contributed by atoms with Crippen LogP contribution in [0.4, 0.5) is 20.3 Å². The average molecular weight is 489 g/mol. The van der Waals surface area contributed by atoms with Gasteiger partial charge in [0.25, 0.3) is 15.9 Å². The molecule has 10 heteroatoms. The fourth-order valence-corrected chi connectivity index (χ4v) is 4.82. The number of anilines is 1. The Labute approximate surface area is 197 Å². The molecule has 0 spiro atoms. The topological polar surface area (TPSA) is 85.6 Å². The third-order valence-corrected chi connectivity index (χ3v) is 6.74. The van der Waals surface area contributed by atoms with Crippen LogP contribution in [0.2, 0.25) is 0 Å². The molecule has 180 valence electrons. The van der Waals surface area contributed by atoms with Crippen LogP contribution in [0.3, 0.4) is 0 Å². The lowest BCUT2D eigenvalue weighted by molar-refractivity contribution is 0.0124. The van der Waals surface area contributed by atoms with Crippen LogP contribution in [0.5, 0.6) is 5.75 Å². The van der Waals surface area contributed by atoms with Gasteiger partial charge in [-0.3, -0.25) is 9.71 Å². The Kier molecular flexibility index (Phi) is 6.20. The first-order valence-electron chi connectivity index (χ1n) is 10.9. The maximum absolute atomic E-state index is 14.2. The van der Waals surface area contributed by atoms with Gasteiger partial charge in [0, 0.05) is 24.8 Å². The van der Waals surface area contributed by atoms with Crippen LogP contribution in [-0.2, 0) is 15.9 Å². The van der Waals surface area contributed by atoms with Crippen LogP contribution in [0.25, 0.3) is 5.69 Å². The quantitative estimate of drug-likeness (QED) is 0.457. The van der Waals surface area contributed by atoms with E-state index in [1.54, 1.807) is 24.3 Å². The Morgan fingerprint density at radius 1 is 1.18 bits per heavy atom. The molecule has 1 N–H and O–H groups in total. The minimum Gasteiger partial charge on any atom is -0.491 e. The molecule has 0 bridgehead atoms. The summed E-state index contributed by atoms with van der Waals surface area (Å²) in [7, 11) is -4.10. The van der Waals surface area contributed by atoms with E-state index in [1.807, 2.05) is 33.1 Å². The lowest BCUT2D eigenvalue weighted by Crippen LogP contribution is -2.17. The number of nitrogens with one attached hydrogen (secondary N) is 1. The second-order valence-corrected chi connectivity index (χ2v) is 10.3. The molecule has 1 atom stereocenters. The molecule has 2 aromatic carbocycles. The highest BCUT2D eigenvalue weighted by atomic mass is 32.2. The number of fused-ring (bicyclic) bond motifs is 1. The van der Waals surface area contributed by atoms with Gasteiger partial charge in [0.15, 0.2) is 0 Å². The minimum atomic E-state index is -4.10. The normalized spacial score (nSPS) is 15.9. The lowest BCUT2D eigenvalue weighted by Gasteiger charge is -2.21. The molecule has 7 nitrogen and oxygen atoms in total. The van der Waals surface area contributed by atoms with Gasteiger partial charge in [0.2, 0.25) is 0 Å². The molecule has 0 saturated heterocycles. The summed E-state index contributed by atoms with van der Waals surface area (Å²) in [5.74, 6) is -2.78. The largest absolute Gasteiger partial charge is 0.491 e. The van der Waals surface area contributed by atoms with E-state index in [0.29, 0.717) is 23.5 Å². The summed E-state index contributed by atoms with van der Waals surface area (Å²) in [6.07, 6.45) is 2.42. The molecule has 0 radical (unpaired) electrons. The molecule has 1 aliphatic rings. The lowest BCUT2D eigenvalue weighted by atomic mass is 9.93. The van der Waals surface area contributed by atoms with E-state index in [4.69, 9.17) is 4.74 Å². The fourth-order valence-electron chi connectivity index (χ4n) is 3.79. The van der Waals surface area contributed by atoms with Crippen molar-refractivity contribution in [3.8, 4) is 11.4 Å². The SMILES string of the molecule is CC(C)Oc1ccc(S(=O)(=O)Nc2cc(C(C)(F)F)nn2-c2cccc3c2C(C)CC=N3)cc1. The maximum Gasteiger partial charge on any atom is 0.288 e. The number of aliphatic imine (C=N–C) groups is 1. The number of hydrogen-bond acceptors (Lipinski definition) is 5. The van der Waals surface area contributed by atoms with Gasteiger partial charge in [-0.25, -0.2) is 13.1 Å². The van der Waals surface area contributed by atoms with Crippen LogP contribution in [-0.4, -0.2) is 30.5 Å². The number of benzene rings is 2. The number of rotatable bonds is 7. The molecular formula is C24H26F2N4O3S. The molecule has 3 aromatic rings. The van der Waals surface area contributed by atoms with Crippen LogP contribution in [0, 0.1) is 0 Å². The van der Waals surface area contributed by atoms with E-state index in [-0.39, 0.29) is 22.7 Å². The predicted octanol–water partition coefficient (Wildman–Crippen LogP) is 5.78. The molecule has 2 heterocycles. The van der Waals surface area contributed by atoms with E-state index in [1.165, 1.54) is 16.8 Å². The fraction of sp³-hybridized carbons (Fsp3) is 0.333. The summed E-state index contributed by atoms with van der Waals surface area (Å²) in [5, 5.41) is 4.09. The average Bonchev–Trinajstić information content (AvgIpc) is 3.17. The summed E-state index contributed by atoms with van der Waals surface area (Å²) < 4.78 is 63.9. The Hall–Kier alpha value is -3.27. The highest BCUT2D eigenvalue weighted by Crippen LogP contribution is 2.39. The van der Waals surface area contributed by atoms with E-state index >= 15 is 0 Å². The smallest absolute Gasteiger partial charge is 0.288 e.